The Morgan fingerprint density at radius 1 is 1.33 bits per heavy atom. The number of aliphatic hydroxyl groups excluding tert-OH is 1. The van der Waals surface area contributed by atoms with Crippen molar-refractivity contribution in [2.24, 2.45) is 5.92 Å². The van der Waals surface area contributed by atoms with E-state index >= 15 is 0 Å². The quantitative estimate of drug-likeness (QED) is 0.867. The Labute approximate surface area is 105 Å². The highest BCUT2D eigenvalue weighted by molar-refractivity contribution is 7.91. The van der Waals surface area contributed by atoms with Crippen LogP contribution in [0.3, 0.4) is 0 Å². The molecule has 1 N–H and O–H groups in total. The van der Waals surface area contributed by atoms with Crippen molar-refractivity contribution in [3.63, 3.8) is 0 Å². The molecular weight excluding hydrogens is 256 g/mol. The second-order valence-corrected chi connectivity index (χ2v) is 6.98. The molecule has 1 aliphatic carbocycles. The lowest BCUT2D eigenvalue weighted by atomic mass is 10.1. The molecule has 98 valence electrons. The molecule has 0 spiro atoms. The van der Waals surface area contributed by atoms with E-state index in [1.807, 2.05) is 6.07 Å². The van der Waals surface area contributed by atoms with Crippen molar-refractivity contribution < 1.29 is 23.0 Å². The van der Waals surface area contributed by atoms with Crippen molar-refractivity contribution in [1.82, 2.24) is 0 Å². The molecule has 18 heavy (non-hydrogen) atoms. The van der Waals surface area contributed by atoms with Gasteiger partial charge in [0.1, 0.15) is 0 Å². The van der Waals surface area contributed by atoms with Crippen molar-refractivity contribution in [2.45, 2.75) is 11.2 Å². The molecule has 1 heterocycles. The summed E-state index contributed by atoms with van der Waals surface area (Å²) < 4.78 is 33.7. The van der Waals surface area contributed by atoms with Crippen LogP contribution in [0.5, 0.6) is 11.5 Å². The lowest BCUT2D eigenvalue weighted by Gasteiger charge is -2.02. The molecule has 1 aromatic rings. The van der Waals surface area contributed by atoms with E-state index in [2.05, 4.69) is 0 Å². The third-order valence-electron chi connectivity index (χ3n) is 3.58. The van der Waals surface area contributed by atoms with Crippen molar-refractivity contribution in [1.29, 1.82) is 0 Å². The van der Waals surface area contributed by atoms with Crippen molar-refractivity contribution in [2.75, 3.05) is 19.7 Å². The first-order valence-electron chi connectivity index (χ1n) is 5.71. The van der Waals surface area contributed by atoms with Crippen LogP contribution >= 0.6 is 0 Å². The maximum absolute atomic E-state index is 11.6. The number of fused-ring (bicyclic) bond motifs is 1. The van der Waals surface area contributed by atoms with E-state index in [1.165, 1.54) is 6.26 Å². The fraction of sp³-hybridized carbons (Fsp3) is 0.500. The number of sulfone groups is 1. The first-order valence-corrected chi connectivity index (χ1v) is 7.67. The van der Waals surface area contributed by atoms with Crippen LogP contribution in [-0.2, 0) is 9.84 Å². The van der Waals surface area contributed by atoms with Gasteiger partial charge in [-0.3, -0.25) is 0 Å². The van der Waals surface area contributed by atoms with Gasteiger partial charge in [-0.25, -0.2) is 8.42 Å². The molecule has 2 aliphatic rings. The Morgan fingerprint density at radius 3 is 2.67 bits per heavy atom. The van der Waals surface area contributed by atoms with Gasteiger partial charge in [0.25, 0.3) is 0 Å². The van der Waals surface area contributed by atoms with Crippen LogP contribution in [0, 0.1) is 5.92 Å². The molecule has 0 unspecified atom stereocenters. The Hall–Kier alpha value is -1.27. The van der Waals surface area contributed by atoms with Gasteiger partial charge >= 0.3 is 0 Å². The highest BCUT2D eigenvalue weighted by Gasteiger charge is 2.56. The van der Waals surface area contributed by atoms with Gasteiger partial charge < -0.3 is 14.6 Å². The Kier molecular flexibility index (Phi) is 2.53. The molecule has 0 amide bonds. The summed E-state index contributed by atoms with van der Waals surface area (Å²) in [6.45, 7) is 0.0826. The zero-order chi connectivity index (χ0) is 12.9. The molecule has 0 radical (unpaired) electrons. The minimum Gasteiger partial charge on any atom is -0.454 e. The molecule has 1 aliphatic heterocycles. The first-order chi connectivity index (χ1) is 8.52. The predicted molar refractivity (Wildman–Crippen MR) is 64.5 cm³/mol. The fourth-order valence-corrected chi connectivity index (χ4v) is 4.39. The molecule has 3 atom stereocenters. The number of aliphatic hydroxyl groups is 1. The lowest BCUT2D eigenvalue weighted by molar-refractivity contribution is 0.174. The number of hydrogen-bond donors (Lipinski definition) is 1. The zero-order valence-electron chi connectivity index (χ0n) is 9.87. The summed E-state index contributed by atoms with van der Waals surface area (Å²) >= 11 is 0. The summed E-state index contributed by atoms with van der Waals surface area (Å²) in [6.07, 6.45) is 1.22. The lowest BCUT2D eigenvalue weighted by Crippen LogP contribution is -2.08. The second kappa shape index (κ2) is 3.86. The van der Waals surface area contributed by atoms with E-state index in [1.54, 1.807) is 12.1 Å². The van der Waals surface area contributed by atoms with Gasteiger partial charge in [0.15, 0.2) is 21.3 Å². The average Bonchev–Trinajstić information content (AvgIpc) is 2.90. The predicted octanol–water partition coefficient (Wildman–Crippen LogP) is 0.534. The van der Waals surface area contributed by atoms with Crippen molar-refractivity contribution in [3.8, 4) is 11.5 Å². The molecule has 5 nitrogen and oxygen atoms in total. The summed E-state index contributed by atoms with van der Waals surface area (Å²) in [5.74, 6) is 0.971. The Balaban J connectivity index is 1.92. The summed E-state index contributed by atoms with van der Waals surface area (Å²) in [6, 6.07) is 5.43. The first kappa shape index (κ1) is 11.8. The van der Waals surface area contributed by atoms with E-state index in [0.717, 1.165) is 5.56 Å². The summed E-state index contributed by atoms with van der Waals surface area (Å²) in [5.41, 5.74) is 0.883. The minimum atomic E-state index is -3.13. The molecule has 1 saturated carbocycles. The molecular formula is C12H14O5S. The Bertz CT molecular complexity index is 580. The highest BCUT2D eigenvalue weighted by Crippen LogP contribution is 2.53. The van der Waals surface area contributed by atoms with Crippen LogP contribution in [0.25, 0.3) is 0 Å². The molecule has 1 fully saturated rings. The van der Waals surface area contributed by atoms with Crippen LogP contribution in [0.4, 0.5) is 0 Å². The van der Waals surface area contributed by atoms with E-state index in [-0.39, 0.29) is 25.2 Å². The number of benzene rings is 1. The van der Waals surface area contributed by atoms with Crippen molar-refractivity contribution >= 4 is 9.84 Å². The minimum absolute atomic E-state index is 0.114. The van der Waals surface area contributed by atoms with Crippen LogP contribution in [0.1, 0.15) is 11.5 Å². The van der Waals surface area contributed by atoms with Gasteiger partial charge in [-0.1, -0.05) is 6.07 Å². The van der Waals surface area contributed by atoms with Gasteiger partial charge in [0, 0.05) is 24.7 Å². The van der Waals surface area contributed by atoms with Crippen LogP contribution in [0.15, 0.2) is 18.2 Å². The third-order valence-corrected chi connectivity index (χ3v) is 5.21. The normalized spacial score (nSPS) is 29.3. The molecule has 6 heteroatoms. The number of hydrogen-bond acceptors (Lipinski definition) is 5. The number of ether oxygens (including phenoxy) is 2. The van der Waals surface area contributed by atoms with Crippen molar-refractivity contribution in [3.05, 3.63) is 23.8 Å². The average molecular weight is 270 g/mol. The van der Waals surface area contributed by atoms with E-state index < -0.39 is 15.1 Å². The third kappa shape index (κ3) is 1.76. The van der Waals surface area contributed by atoms with E-state index in [0.29, 0.717) is 11.5 Å². The fourth-order valence-electron chi connectivity index (χ4n) is 2.70. The molecule has 0 saturated heterocycles. The van der Waals surface area contributed by atoms with Crippen LogP contribution < -0.4 is 9.47 Å². The summed E-state index contributed by atoms with van der Waals surface area (Å²) in [4.78, 5) is 0. The smallest absolute Gasteiger partial charge is 0.231 e. The monoisotopic (exact) mass is 270 g/mol. The van der Waals surface area contributed by atoms with Gasteiger partial charge in [0.05, 0.1) is 5.25 Å². The molecule has 3 rings (SSSR count). The van der Waals surface area contributed by atoms with Crippen LogP contribution in [0.2, 0.25) is 0 Å². The second-order valence-electron chi connectivity index (χ2n) is 4.78. The summed E-state index contributed by atoms with van der Waals surface area (Å²) in [7, 11) is -3.13. The van der Waals surface area contributed by atoms with Gasteiger partial charge in [0.2, 0.25) is 6.79 Å². The molecule has 0 aromatic heterocycles. The van der Waals surface area contributed by atoms with Gasteiger partial charge in [-0.2, -0.15) is 0 Å². The van der Waals surface area contributed by atoms with Gasteiger partial charge in [-0.15, -0.1) is 0 Å². The zero-order valence-corrected chi connectivity index (χ0v) is 10.7. The van der Waals surface area contributed by atoms with Gasteiger partial charge in [-0.05, 0) is 17.7 Å². The van der Waals surface area contributed by atoms with E-state index in [9.17, 15) is 13.5 Å². The molecule has 1 aromatic carbocycles. The maximum Gasteiger partial charge on any atom is 0.231 e. The number of rotatable bonds is 3. The van der Waals surface area contributed by atoms with E-state index in [4.69, 9.17) is 9.47 Å². The SMILES string of the molecule is CS(=O)(=O)[C@@H]1[C@H](CO)[C@H]1c1ccc2c(c1)OCO2. The largest absolute Gasteiger partial charge is 0.454 e. The van der Waals surface area contributed by atoms with Crippen LogP contribution in [-0.4, -0.2) is 38.4 Å². The Morgan fingerprint density at radius 2 is 2.06 bits per heavy atom. The topological polar surface area (TPSA) is 72.8 Å². The molecule has 0 bridgehead atoms. The summed E-state index contributed by atoms with van der Waals surface area (Å²) in [5, 5.41) is 8.76. The standard InChI is InChI=1S/C12H14O5S/c1-18(14,15)12-8(5-13)11(12)7-2-3-9-10(4-7)17-6-16-9/h2-4,8,11-13H,5-6H2,1H3/t8-,11-,12-/m1/s1. The highest BCUT2D eigenvalue weighted by atomic mass is 32.2. The maximum atomic E-state index is 11.6.